The molecule has 136 valence electrons. The highest BCUT2D eigenvalue weighted by atomic mass is 32.1. The van der Waals surface area contributed by atoms with Crippen molar-refractivity contribution >= 4 is 22.6 Å². The number of thiazole rings is 1. The lowest BCUT2D eigenvalue weighted by Gasteiger charge is -2.09. The van der Waals surface area contributed by atoms with Crippen LogP contribution in [0.2, 0.25) is 0 Å². The molecule has 2 aromatic heterocycles. The van der Waals surface area contributed by atoms with Gasteiger partial charge in [-0.05, 0) is 35.6 Å². The zero-order chi connectivity index (χ0) is 18.5. The molecule has 3 aromatic rings. The van der Waals surface area contributed by atoms with E-state index in [2.05, 4.69) is 24.1 Å². The number of rotatable bonds is 6. The maximum Gasteiger partial charge on any atom is 0.420 e. The molecule has 1 aromatic carbocycles. The van der Waals surface area contributed by atoms with Crippen LogP contribution in [0.25, 0.3) is 0 Å². The van der Waals surface area contributed by atoms with E-state index >= 15 is 0 Å². The number of halogens is 1. The average molecular weight is 373 g/mol. The van der Waals surface area contributed by atoms with E-state index in [-0.39, 0.29) is 5.82 Å². The lowest BCUT2D eigenvalue weighted by atomic mass is 10.1. The topological polar surface area (TPSA) is 56.1 Å². The molecule has 7 heteroatoms. The van der Waals surface area contributed by atoms with Gasteiger partial charge in [0, 0.05) is 23.8 Å². The van der Waals surface area contributed by atoms with Crippen molar-refractivity contribution in [3.05, 3.63) is 65.0 Å². The fraction of sp³-hybridized carbons (Fsp3) is 0.263. The molecule has 0 aliphatic rings. The maximum atomic E-state index is 13.5. The predicted octanol–water partition coefficient (Wildman–Crippen LogP) is 4.94. The predicted molar refractivity (Wildman–Crippen MR) is 100 cm³/mol. The van der Waals surface area contributed by atoms with Crippen LogP contribution in [0.5, 0.6) is 5.88 Å². The standard InChI is InChI=1S/C19H20FN3O2S/c1-13(2)8-15-10-17(25-19(24)22-18-21-6-7-26-18)23(12-15)11-14-4-3-5-16(20)9-14/h3-7,9-10,12-13H,8,11H2,1-2H3,(H,21,22,24). The molecular formula is C19H20FN3O2S. The molecule has 0 fully saturated rings. The summed E-state index contributed by atoms with van der Waals surface area (Å²) in [5, 5.41) is 4.83. The van der Waals surface area contributed by atoms with Gasteiger partial charge in [-0.2, -0.15) is 0 Å². The molecule has 0 saturated heterocycles. The minimum absolute atomic E-state index is 0.291. The molecule has 0 aliphatic carbocycles. The van der Waals surface area contributed by atoms with E-state index < -0.39 is 6.09 Å². The molecule has 0 aliphatic heterocycles. The molecule has 0 atom stereocenters. The van der Waals surface area contributed by atoms with E-state index in [1.54, 1.807) is 17.6 Å². The summed E-state index contributed by atoms with van der Waals surface area (Å²) < 4.78 is 20.7. The Hall–Kier alpha value is -2.67. The van der Waals surface area contributed by atoms with Crippen molar-refractivity contribution < 1.29 is 13.9 Å². The molecule has 0 bridgehead atoms. The Balaban J connectivity index is 1.79. The minimum Gasteiger partial charge on any atom is -0.393 e. The summed E-state index contributed by atoms with van der Waals surface area (Å²) in [5.74, 6) is 0.594. The van der Waals surface area contributed by atoms with Crippen molar-refractivity contribution in [2.75, 3.05) is 5.32 Å². The van der Waals surface area contributed by atoms with Crippen LogP contribution in [-0.4, -0.2) is 15.6 Å². The van der Waals surface area contributed by atoms with Crippen LogP contribution >= 0.6 is 11.3 Å². The first-order chi connectivity index (χ1) is 12.5. The molecular weight excluding hydrogens is 353 g/mol. The largest absolute Gasteiger partial charge is 0.420 e. The third-order valence-corrected chi connectivity index (χ3v) is 4.33. The van der Waals surface area contributed by atoms with E-state index in [4.69, 9.17) is 4.74 Å². The highest BCUT2D eigenvalue weighted by Gasteiger charge is 2.14. The fourth-order valence-corrected chi connectivity index (χ4v) is 3.18. The maximum absolute atomic E-state index is 13.5. The van der Waals surface area contributed by atoms with E-state index in [0.29, 0.717) is 23.5 Å². The highest BCUT2D eigenvalue weighted by molar-refractivity contribution is 7.13. The number of carbonyl (C=O) groups is 1. The van der Waals surface area contributed by atoms with Crippen LogP contribution in [-0.2, 0) is 13.0 Å². The number of nitrogens with one attached hydrogen (secondary N) is 1. The van der Waals surface area contributed by atoms with Gasteiger partial charge in [0.1, 0.15) is 5.82 Å². The zero-order valence-electron chi connectivity index (χ0n) is 14.6. The summed E-state index contributed by atoms with van der Waals surface area (Å²) in [6.45, 7) is 4.66. The van der Waals surface area contributed by atoms with Crippen LogP contribution in [0.4, 0.5) is 14.3 Å². The molecule has 1 amide bonds. The number of ether oxygens (including phenoxy) is 1. The van der Waals surface area contributed by atoms with Crippen LogP contribution in [0.3, 0.4) is 0 Å². The Morgan fingerprint density at radius 2 is 2.19 bits per heavy atom. The minimum atomic E-state index is -0.602. The number of amides is 1. The number of nitrogens with zero attached hydrogens (tertiary/aromatic N) is 2. The van der Waals surface area contributed by atoms with E-state index in [1.807, 2.05) is 22.9 Å². The number of hydrogen-bond acceptors (Lipinski definition) is 4. The van der Waals surface area contributed by atoms with Gasteiger partial charge in [-0.15, -0.1) is 11.3 Å². The molecule has 1 N–H and O–H groups in total. The molecule has 2 heterocycles. The average Bonchev–Trinajstić information content (AvgIpc) is 3.17. The van der Waals surface area contributed by atoms with Gasteiger partial charge in [-0.3, -0.25) is 5.32 Å². The molecule has 26 heavy (non-hydrogen) atoms. The third kappa shape index (κ3) is 4.92. The van der Waals surface area contributed by atoms with Gasteiger partial charge in [0.05, 0.1) is 6.54 Å². The first kappa shape index (κ1) is 18.1. The third-order valence-electron chi connectivity index (χ3n) is 3.64. The number of carbonyl (C=O) groups excluding carboxylic acids is 1. The van der Waals surface area contributed by atoms with Gasteiger partial charge in [0.25, 0.3) is 0 Å². The molecule has 0 spiro atoms. The summed E-state index contributed by atoms with van der Waals surface area (Å²) in [6.07, 6.45) is 3.81. The van der Waals surface area contributed by atoms with Crippen LogP contribution in [0.1, 0.15) is 25.0 Å². The molecule has 0 unspecified atom stereocenters. The number of anilines is 1. The van der Waals surface area contributed by atoms with Gasteiger partial charge in [-0.25, -0.2) is 14.2 Å². The lowest BCUT2D eigenvalue weighted by Crippen LogP contribution is -2.18. The Bertz CT molecular complexity index is 875. The van der Waals surface area contributed by atoms with Crippen LogP contribution < -0.4 is 10.1 Å². The summed E-state index contributed by atoms with van der Waals surface area (Å²) in [6, 6.07) is 8.23. The van der Waals surface area contributed by atoms with E-state index in [9.17, 15) is 9.18 Å². The van der Waals surface area contributed by atoms with Crippen molar-refractivity contribution in [1.29, 1.82) is 0 Å². The smallest absolute Gasteiger partial charge is 0.393 e. The summed E-state index contributed by atoms with van der Waals surface area (Å²) in [7, 11) is 0. The van der Waals surface area contributed by atoms with Crippen molar-refractivity contribution in [2.24, 2.45) is 5.92 Å². The second kappa shape index (κ2) is 8.14. The van der Waals surface area contributed by atoms with Crippen molar-refractivity contribution in [3.8, 4) is 5.88 Å². The van der Waals surface area contributed by atoms with E-state index in [1.165, 1.54) is 23.5 Å². The number of benzene rings is 1. The lowest BCUT2D eigenvalue weighted by molar-refractivity contribution is 0.211. The highest BCUT2D eigenvalue weighted by Crippen LogP contribution is 2.22. The fourth-order valence-electron chi connectivity index (χ4n) is 2.66. The van der Waals surface area contributed by atoms with Crippen molar-refractivity contribution in [3.63, 3.8) is 0 Å². The first-order valence-electron chi connectivity index (χ1n) is 8.31. The molecule has 0 radical (unpaired) electrons. The summed E-state index contributed by atoms with van der Waals surface area (Å²) in [5.41, 5.74) is 1.86. The van der Waals surface area contributed by atoms with Gasteiger partial charge >= 0.3 is 6.09 Å². The van der Waals surface area contributed by atoms with Gasteiger partial charge in [-0.1, -0.05) is 26.0 Å². The van der Waals surface area contributed by atoms with Gasteiger partial charge < -0.3 is 9.30 Å². The second-order valence-corrected chi connectivity index (χ2v) is 7.29. The van der Waals surface area contributed by atoms with Crippen LogP contribution in [0, 0.1) is 11.7 Å². The Morgan fingerprint density at radius 3 is 2.88 bits per heavy atom. The Labute approximate surface area is 155 Å². The summed E-state index contributed by atoms with van der Waals surface area (Å²) >= 11 is 1.31. The van der Waals surface area contributed by atoms with E-state index in [0.717, 1.165) is 17.5 Å². The van der Waals surface area contributed by atoms with Crippen LogP contribution in [0.15, 0.2) is 48.1 Å². The number of hydrogen-bond donors (Lipinski definition) is 1. The van der Waals surface area contributed by atoms with Gasteiger partial charge in [0.15, 0.2) is 5.13 Å². The van der Waals surface area contributed by atoms with Crippen molar-refractivity contribution in [2.45, 2.75) is 26.8 Å². The monoisotopic (exact) mass is 373 g/mol. The van der Waals surface area contributed by atoms with Crippen molar-refractivity contribution in [1.82, 2.24) is 9.55 Å². The number of aromatic nitrogens is 2. The second-order valence-electron chi connectivity index (χ2n) is 6.39. The molecule has 3 rings (SSSR count). The van der Waals surface area contributed by atoms with Gasteiger partial charge in [0.2, 0.25) is 5.88 Å². The Kier molecular flexibility index (Phi) is 5.68. The molecule has 0 saturated carbocycles. The Morgan fingerprint density at radius 1 is 1.35 bits per heavy atom. The zero-order valence-corrected chi connectivity index (χ0v) is 15.4. The normalized spacial score (nSPS) is 10.9. The quantitative estimate of drug-likeness (QED) is 0.666. The SMILES string of the molecule is CC(C)Cc1cc(OC(=O)Nc2nccs2)n(Cc2cccc(F)c2)c1. The first-order valence-corrected chi connectivity index (χ1v) is 9.19. The summed E-state index contributed by atoms with van der Waals surface area (Å²) in [4.78, 5) is 16.1. The molecule has 5 nitrogen and oxygen atoms in total.